The highest BCUT2D eigenvalue weighted by Gasteiger charge is 2.67. The van der Waals surface area contributed by atoms with Crippen LogP contribution >= 0.6 is 22.9 Å². The number of imide groups is 2. The number of anilines is 1. The van der Waals surface area contributed by atoms with Crippen molar-refractivity contribution in [1.82, 2.24) is 14.7 Å². The molecule has 2 aliphatic carbocycles. The Balaban J connectivity index is 1.23. The number of likely N-dealkylation sites (tertiary alicyclic amines) is 1. The number of benzene rings is 2. The van der Waals surface area contributed by atoms with Crippen molar-refractivity contribution in [2.45, 2.75) is 53.0 Å². The van der Waals surface area contributed by atoms with E-state index in [4.69, 9.17) is 21.4 Å². The number of aromatic nitrogens is 2. The molecular formula is C41H41ClN4O6S. The Labute approximate surface area is 316 Å². The number of phenols is 1. The second-order valence-corrected chi connectivity index (χ2v) is 17.4. The van der Waals surface area contributed by atoms with Crippen LogP contribution in [0, 0.1) is 41.9 Å². The van der Waals surface area contributed by atoms with Gasteiger partial charge in [-0.3, -0.25) is 28.8 Å². The van der Waals surface area contributed by atoms with E-state index in [9.17, 15) is 24.3 Å². The van der Waals surface area contributed by atoms with Gasteiger partial charge in [0.2, 0.25) is 23.6 Å². The number of aryl methyl sites for hydroxylation is 2. The molecule has 0 bridgehead atoms. The topological polar surface area (TPSA) is 122 Å². The first-order chi connectivity index (χ1) is 25.1. The Hall–Kier alpha value is -4.74. The molecule has 1 N–H and O–H groups in total. The second kappa shape index (κ2) is 12.1. The van der Waals surface area contributed by atoms with Gasteiger partial charge >= 0.3 is 0 Å². The molecule has 2 aromatic heterocycles. The van der Waals surface area contributed by atoms with E-state index in [-0.39, 0.29) is 35.8 Å². The predicted molar refractivity (Wildman–Crippen MR) is 204 cm³/mol. The summed E-state index contributed by atoms with van der Waals surface area (Å²) in [6, 6.07) is 12.5. The van der Waals surface area contributed by atoms with Crippen molar-refractivity contribution in [2.24, 2.45) is 42.1 Å². The highest BCUT2D eigenvalue weighted by atomic mass is 35.5. The van der Waals surface area contributed by atoms with Gasteiger partial charge in [0.25, 0.3) is 0 Å². The van der Waals surface area contributed by atoms with Crippen LogP contribution in [0.2, 0.25) is 5.02 Å². The molecule has 274 valence electrons. The summed E-state index contributed by atoms with van der Waals surface area (Å²) in [5, 5.41) is 16.7. The van der Waals surface area contributed by atoms with Gasteiger partial charge < -0.3 is 9.84 Å². The van der Waals surface area contributed by atoms with E-state index >= 15 is 0 Å². The summed E-state index contributed by atoms with van der Waals surface area (Å²) in [6.07, 6.45) is 6.49. The molecule has 0 radical (unpaired) electrons. The first kappa shape index (κ1) is 35.3. The van der Waals surface area contributed by atoms with Crippen molar-refractivity contribution < 1.29 is 29.0 Å². The van der Waals surface area contributed by atoms with Crippen LogP contribution in [0.15, 0.2) is 60.2 Å². The lowest BCUT2D eigenvalue weighted by molar-refractivity contribution is -0.145. The van der Waals surface area contributed by atoms with Crippen molar-refractivity contribution in [2.75, 3.05) is 12.0 Å². The van der Waals surface area contributed by atoms with Crippen LogP contribution in [0.25, 0.3) is 26.7 Å². The number of hydrogen-bond acceptors (Lipinski definition) is 8. The molecule has 10 nitrogen and oxygen atoms in total. The number of halogens is 1. The van der Waals surface area contributed by atoms with Crippen molar-refractivity contribution in [1.29, 1.82) is 0 Å². The van der Waals surface area contributed by atoms with E-state index in [1.807, 2.05) is 71.0 Å². The molecule has 0 spiro atoms. The number of methoxy groups -OCH3 is 1. The molecule has 2 aliphatic heterocycles. The zero-order valence-electron chi connectivity index (χ0n) is 30.6. The molecule has 8 rings (SSSR count). The number of ether oxygens (including phenoxy) is 1. The van der Waals surface area contributed by atoms with E-state index in [0.29, 0.717) is 28.7 Å². The molecule has 6 atom stereocenters. The number of allylic oxidation sites excluding steroid dienone is 3. The molecule has 12 heteroatoms. The van der Waals surface area contributed by atoms with Crippen LogP contribution in [0.1, 0.15) is 51.7 Å². The molecule has 4 amide bonds. The standard InChI is InChI=1S/C41H41ClN4O6S/c1-20-25-17-22(42)10-15-32(25)53-35(20)29-19-33(44(6)43-29)45-37(49)28-18-26-23(11-12-24-34(26)38(50)46(36(24)48)40(2,3)4)27(41(28,5)39(45)51)13-8-21-9-14-30(47)31(16-21)52-7/h8-11,13-17,19,24,26-28,34,47H,12,18H2,1-7H3/t24-,26+,27-,28-,34-,41-/m0/s1. The zero-order valence-corrected chi connectivity index (χ0v) is 32.2. The quantitative estimate of drug-likeness (QED) is 0.165. The van der Waals surface area contributed by atoms with Crippen molar-refractivity contribution in [3.05, 3.63) is 76.3 Å². The lowest BCUT2D eigenvalue weighted by Gasteiger charge is -2.48. The molecular weight excluding hydrogens is 712 g/mol. The van der Waals surface area contributed by atoms with Gasteiger partial charge in [-0.25, -0.2) is 4.90 Å². The number of aromatic hydroxyl groups is 1. The van der Waals surface area contributed by atoms with E-state index in [1.54, 1.807) is 47.3 Å². The minimum Gasteiger partial charge on any atom is -0.504 e. The Morgan fingerprint density at radius 1 is 1.04 bits per heavy atom. The van der Waals surface area contributed by atoms with E-state index in [2.05, 4.69) is 0 Å². The number of nitrogens with zero attached hydrogens (tertiary/aromatic N) is 4. The van der Waals surface area contributed by atoms with Gasteiger partial charge in [0.15, 0.2) is 11.5 Å². The Bertz CT molecular complexity index is 2330. The zero-order chi connectivity index (χ0) is 37.9. The maximum atomic E-state index is 15.0. The number of carbonyl (C=O) groups is 4. The minimum absolute atomic E-state index is 0.000599. The normalized spacial score (nSPS) is 27.2. The largest absolute Gasteiger partial charge is 0.504 e. The molecule has 4 heterocycles. The Kier molecular flexibility index (Phi) is 8.09. The maximum Gasteiger partial charge on any atom is 0.242 e. The smallest absolute Gasteiger partial charge is 0.242 e. The van der Waals surface area contributed by atoms with Crippen LogP contribution in [0.3, 0.4) is 0 Å². The number of thiophene rings is 1. The molecule has 53 heavy (non-hydrogen) atoms. The van der Waals surface area contributed by atoms with Gasteiger partial charge in [-0.1, -0.05) is 41.5 Å². The van der Waals surface area contributed by atoms with Crippen molar-refractivity contribution in [3.8, 4) is 22.1 Å². The summed E-state index contributed by atoms with van der Waals surface area (Å²) in [5.74, 6) is -3.31. The predicted octanol–water partition coefficient (Wildman–Crippen LogP) is 7.55. The number of fused-ring (bicyclic) bond motifs is 5. The molecule has 4 aromatic rings. The fourth-order valence-electron chi connectivity index (χ4n) is 9.32. The average molecular weight is 753 g/mol. The number of hydrogen-bond donors (Lipinski definition) is 1. The van der Waals surface area contributed by atoms with Gasteiger partial charge in [0.05, 0.1) is 35.2 Å². The van der Waals surface area contributed by atoms with Crippen LogP contribution < -0.4 is 9.64 Å². The molecule has 4 aliphatic rings. The van der Waals surface area contributed by atoms with Gasteiger partial charge in [0.1, 0.15) is 11.5 Å². The van der Waals surface area contributed by atoms with E-state index < -0.39 is 40.5 Å². The summed E-state index contributed by atoms with van der Waals surface area (Å²) in [5.41, 5.74) is 1.39. The molecule has 3 fully saturated rings. The summed E-state index contributed by atoms with van der Waals surface area (Å²) in [7, 11) is 3.21. The fourth-order valence-corrected chi connectivity index (χ4v) is 10.6. The van der Waals surface area contributed by atoms with Crippen LogP contribution in [0.5, 0.6) is 11.5 Å². The molecule has 0 unspecified atom stereocenters. The van der Waals surface area contributed by atoms with Crippen molar-refractivity contribution >= 4 is 68.5 Å². The highest BCUT2D eigenvalue weighted by molar-refractivity contribution is 7.22. The van der Waals surface area contributed by atoms with Gasteiger partial charge in [-0.05, 0) is 100 Å². The third-order valence-electron chi connectivity index (χ3n) is 11.9. The molecule has 2 saturated heterocycles. The van der Waals surface area contributed by atoms with Crippen LogP contribution in [-0.4, -0.2) is 56.1 Å². The number of amides is 4. The van der Waals surface area contributed by atoms with Crippen LogP contribution in [0.4, 0.5) is 5.82 Å². The van der Waals surface area contributed by atoms with Gasteiger partial charge in [0, 0.05) is 34.3 Å². The Morgan fingerprint density at radius 2 is 1.79 bits per heavy atom. The third kappa shape index (κ3) is 5.14. The summed E-state index contributed by atoms with van der Waals surface area (Å²) < 4.78 is 7.98. The first-order valence-corrected chi connectivity index (χ1v) is 19.0. The van der Waals surface area contributed by atoms with Crippen molar-refractivity contribution in [3.63, 3.8) is 0 Å². The van der Waals surface area contributed by atoms with E-state index in [0.717, 1.165) is 31.7 Å². The summed E-state index contributed by atoms with van der Waals surface area (Å²) >= 11 is 7.89. The number of carbonyl (C=O) groups excluding carboxylic acids is 4. The lowest BCUT2D eigenvalue weighted by atomic mass is 9.52. The lowest BCUT2D eigenvalue weighted by Crippen LogP contribution is -2.50. The summed E-state index contributed by atoms with van der Waals surface area (Å²) in [4.78, 5) is 61.3. The fraction of sp³-hybridized carbons (Fsp3) is 0.390. The number of rotatable bonds is 5. The van der Waals surface area contributed by atoms with Gasteiger partial charge in [-0.15, -0.1) is 11.3 Å². The number of phenolic OH excluding ortho intramolecular Hbond substituents is 1. The Morgan fingerprint density at radius 3 is 2.51 bits per heavy atom. The van der Waals surface area contributed by atoms with E-state index in [1.165, 1.54) is 16.9 Å². The third-order valence-corrected chi connectivity index (χ3v) is 13.4. The second-order valence-electron chi connectivity index (χ2n) is 15.9. The maximum absolute atomic E-state index is 15.0. The van der Waals surface area contributed by atoms with Crippen LogP contribution in [-0.2, 0) is 26.2 Å². The molecule has 2 aromatic carbocycles. The SMILES string of the molecule is COc1cc(C=C[C@H]2C3=CC[C@@H]4C(=O)N(C(C)(C)C)C(=O)[C@@H]4[C@@H]3C[C@H]3C(=O)N(c4cc(-c5sc6ccc(Cl)cc6c5C)nn4C)C(=O)[C@@]23C)ccc1O. The minimum atomic E-state index is -1.20. The highest BCUT2D eigenvalue weighted by Crippen LogP contribution is 2.61. The average Bonchev–Trinajstić information content (AvgIpc) is 3.78. The monoisotopic (exact) mass is 752 g/mol. The first-order valence-electron chi connectivity index (χ1n) is 17.8. The molecule has 1 saturated carbocycles. The summed E-state index contributed by atoms with van der Waals surface area (Å²) in [6.45, 7) is 9.45. The van der Waals surface area contributed by atoms with Gasteiger partial charge in [-0.2, -0.15) is 5.10 Å².